The Morgan fingerprint density at radius 3 is 2.52 bits per heavy atom. The van der Waals surface area contributed by atoms with E-state index in [1.807, 2.05) is 26.0 Å². The minimum Gasteiger partial charge on any atom is -0.390 e. The van der Waals surface area contributed by atoms with Crippen LogP contribution in [0.4, 0.5) is 0 Å². The Kier molecular flexibility index (Phi) is 4.89. The number of hydrogen-bond acceptors (Lipinski definition) is 4. The average molecular weight is 367 g/mol. The number of carbonyl (C=O) groups excluding carboxylic acids is 1. The minimum absolute atomic E-state index is 0.0702. The molecular formula is C22H29N3O2. The Hall–Kier alpha value is -2.01. The smallest absolute Gasteiger partial charge is 0.253 e. The Balaban J connectivity index is 1.41. The summed E-state index contributed by atoms with van der Waals surface area (Å²) < 4.78 is 0. The number of aliphatic hydroxyl groups is 1. The SMILES string of the molecule is CC(C)(O)C1CCC(NC(=O)c2cnc3nc(C4CCC4)ccc3c2)CC1. The maximum atomic E-state index is 12.6. The molecule has 0 bridgehead atoms. The molecule has 2 aliphatic rings. The van der Waals surface area contributed by atoms with E-state index in [1.54, 1.807) is 6.20 Å². The molecule has 1 amide bonds. The number of fused-ring (bicyclic) bond motifs is 1. The van der Waals surface area contributed by atoms with Gasteiger partial charge in [-0.1, -0.05) is 6.42 Å². The van der Waals surface area contributed by atoms with Gasteiger partial charge in [-0.2, -0.15) is 0 Å². The Labute approximate surface area is 160 Å². The van der Waals surface area contributed by atoms with Crippen molar-refractivity contribution in [1.29, 1.82) is 0 Å². The van der Waals surface area contributed by atoms with Gasteiger partial charge in [0.15, 0.2) is 5.65 Å². The second-order valence-electron chi connectivity index (χ2n) is 8.81. The molecule has 0 atom stereocenters. The number of aromatic nitrogens is 2. The van der Waals surface area contributed by atoms with Gasteiger partial charge in [-0.05, 0) is 76.5 Å². The monoisotopic (exact) mass is 367 g/mol. The summed E-state index contributed by atoms with van der Waals surface area (Å²) in [7, 11) is 0. The van der Waals surface area contributed by atoms with Gasteiger partial charge in [0.25, 0.3) is 5.91 Å². The molecular weight excluding hydrogens is 338 g/mol. The highest BCUT2D eigenvalue weighted by atomic mass is 16.3. The standard InChI is InChI=1S/C22H29N3O2/c1-22(2,27)17-7-9-18(10-8-17)24-21(26)16-12-15-6-11-19(14-4-3-5-14)25-20(15)23-13-16/h6,11-14,17-18,27H,3-5,7-10H2,1-2H3,(H,24,26). The lowest BCUT2D eigenvalue weighted by atomic mass is 9.77. The van der Waals surface area contributed by atoms with E-state index in [-0.39, 0.29) is 11.9 Å². The molecule has 0 saturated heterocycles. The minimum atomic E-state index is -0.636. The van der Waals surface area contributed by atoms with Crippen molar-refractivity contribution in [1.82, 2.24) is 15.3 Å². The quantitative estimate of drug-likeness (QED) is 0.858. The molecule has 5 heteroatoms. The van der Waals surface area contributed by atoms with Crippen LogP contribution in [0, 0.1) is 5.92 Å². The Morgan fingerprint density at radius 1 is 1.15 bits per heavy atom. The van der Waals surface area contributed by atoms with Crippen LogP contribution in [-0.4, -0.2) is 32.6 Å². The van der Waals surface area contributed by atoms with Gasteiger partial charge in [0, 0.05) is 29.2 Å². The number of nitrogens with zero attached hydrogens (tertiary/aromatic N) is 2. The van der Waals surface area contributed by atoms with Crippen LogP contribution in [0.5, 0.6) is 0 Å². The van der Waals surface area contributed by atoms with Gasteiger partial charge in [-0.3, -0.25) is 4.79 Å². The van der Waals surface area contributed by atoms with Gasteiger partial charge in [0.2, 0.25) is 0 Å². The fourth-order valence-electron chi connectivity index (χ4n) is 4.29. The zero-order valence-electron chi connectivity index (χ0n) is 16.2. The maximum absolute atomic E-state index is 12.6. The summed E-state index contributed by atoms with van der Waals surface area (Å²) in [4.78, 5) is 21.8. The highest BCUT2D eigenvalue weighted by molar-refractivity contribution is 5.97. The predicted molar refractivity (Wildman–Crippen MR) is 106 cm³/mol. The third-order valence-electron chi connectivity index (χ3n) is 6.41. The first kappa shape index (κ1) is 18.4. The number of pyridine rings is 2. The van der Waals surface area contributed by atoms with Crippen LogP contribution in [0.25, 0.3) is 11.0 Å². The summed E-state index contributed by atoms with van der Waals surface area (Å²) in [5, 5.41) is 14.2. The summed E-state index contributed by atoms with van der Waals surface area (Å²) in [5.41, 5.74) is 1.80. The first-order valence-electron chi connectivity index (χ1n) is 10.2. The average Bonchev–Trinajstić information content (AvgIpc) is 2.59. The van der Waals surface area contributed by atoms with Crippen molar-refractivity contribution in [3.63, 3.8) is 0 Å². The molecule has 0 aliphatic heterocycles. The van der Waals surface area contributed by atoms with Crippen LogP contribution in [0.3, 0.4) is 0 Å². The van der Waals surface area contributed by atoms with Gasteiger partial charge < -0.3 is 10.4 Å². The summed E-state index contributed by atoms with van der Waals surface area (Å²) in [6.45, 7) is 3.75. The molecule has 0 unspecified atom stereocenters. The second kappa shape index (κ2) is 7.19. The lowest BCUT2D eigenvalue weighted by molar-refractivity contribution is -0.00257. The molecule has 0 spiro atoms. The van der Waals surface area contributed by atoms with E-state index in [0.29, 0.717) is 17.4 Å². The van der Waals surface area contributed by atoms with E-state index in [9.17, 15) is 9.90 Å². The fourth-order valence-corrected chi connectivity index (χ4v) is 4.29. The van der Waals surface area contributed by atoms with Gasteiger partial charge in [-0.15, -0.1) is 0 Å². The van der Waals surface area contributed by atoms with Crippen molar-refractivity contribution in [3.8, 4) is 0 Å². The first-order chi connectivity index (χ1) is 12.9. The molecule has 2 fully saturated rings. The molecule has 2 aromatic heterocycles. The number of nitrogens with one attached hydrogen (secondary N) is 1. The largest absolute Gasteiger partial charge is 0.390 e. The molecule has 27 heavy (non-hydrogen) atoms. The highest BCUT2D eigenvalue weighted by Gasteiger charge is 2.31. The third kappa shape index (κ3) is 3.98. The third-order valence-corrected chi connectivity index (χ3v) is 6.41. The van der Waals surface area contributed by atoms with E-state index < -0.39 is 5.60 Å². The van der Waals surface area contributed by atoms with Gasteiger partial charge in [0.1, 0.15) is 0 Å². The van der Waals surface area contributed by atoms with E-state index in [0.717, 1.165) is 42.4 Å². The molecule has 5 nitrogen and oxygen atoms in total. The van der Waals surface area contributed by atoms with E-state index in [4.69, 9.17) is 0 Å². The number of hydrogen-bond donors (Lipinski definition) is 2. The molecule has 2 heterocycles. The van der Waals surface area contributed by atoms with Crippen molar-refractivity contribution in [2.24, 2.45) is 5.92 Å². The molecule has 4 rings (SSSR count). The van der Waals surface area contributed by atoms with Crippen molar-refractivity contribution in [3.05, 3.63) is 35.7 Å². The van der Waals surface area contributed by atoms with Gasteiger partial charge >= 0.3 is 0 Å². The molecule has 144 valence electrons. The predicted octanol–water partition coefficient (Wildman–Crippen LogP) is 3.96. The number of rotatable bonds is 4. The van der Waals surface area contributed by atoms with Gasteiger partial charge in [-0.25, -0.2) is 9.97 Å². The van der Waals surface area contributed by atoms with Crippen molar-refractivity contribution in [2.75, 3.05) is 0 Å². The lowest BCUT2D eigenvalue weighted by Crippen LogP contribution is -2.41. The lowest BCUT2D eigenvalue weighted by Gasteiger charge is -2.36. The van der Waals surface area contributed by atoms with Crippen LogP contribution < -0.4 is 5.32 Å². The van der Waals surface area contributed by atoms with E-state index in [1.165, 1.54) is 19.3 Å². The Bertz CT molecular complexity index is 831. The maximum Gasteiger partial charge on any atom is 0.253 e. The van der Waals surface area contributed by atoms with Crippen LogP contribution in [0.2, 0.25) is 0 Å². The zero-order chi connectivity index (χ0) is 19.0. The van der Waals surface area contributed by atoms with Crippen molar-refractivity contribution in [2.45, 2.75) is 76.4 Å². The topological polar surface area (TPSA) is 75.1 Å². The van der Waals surface area contributed by atoms with Crippen LogP contribution >= 0.6 is 0 Å². The number of amides is 1. The fraction of sp³-hybridized carbons (Fsp3) is 0.591. The van der Waals surface area contributed by atoms with Gasteiger partial charge in [0.05, 0.1) is 11.2 Å². The summed E-state index contributed by atoms with van der Waals surface area (Å²) in [5.74, 6) is 0.821. The first-order valence-corrected chi connectivity index (χ1v) is 10.2. The van der Waals surface area contributed by atoms with Crippen LogP contribution in [0.1, 0.15) is 80.8 Å². The summed E-state index contributed by atoms with van der Waals surface area (Å²) >= 11 is 0. The molecule has 0 aromatic carbocycles. The van der Waals surface area contributed by atoms with E-state index >= 15 is 0 Å². The molecule has 0 radical (unpaired) electrons. The Morgan fingerprint density at radius 2 is 1.89 bits per heavy atom. The molecule has 2 aliphatic carbocycles. The van der Waals surface area contributed by atoms with Crippen LogP contribution in [0.15, 0.2) is 24.4 Å². The summed E-state index contributed by atoms with van der Waals surface area (Å²) in [6.07, 6.45) is 9.06. The molecule has 2 aromatic rings. The van der Waals surface area contributed by atoms with E-state index in [2.05, 4.69) is 21.4 Å². The highest BCUT2D eigenvalue weighted by Crippen LogP contribution is 2.36. The summed E-state index contributed by atoms with van der Waals surface area (Å²) in [6, 6.07) is 6.17. The normalized spacial score (nSPS) is 23.8. The zero-order valence-corrected chi connectivity index (χ0v) is 16.2. The molecule has 2 N–H and O–H groups in total. The van der Waals surface area contributed by atoms with Crippen molar-refractivity contribution < 1.29 is 9.90 Å². The second-order valence-corrected chi connectivity index (χ2v) is 8.81. The van der Waals surface area contributed by atoms with Crippen LogP contribution in [-0.2, 0) is 0 Å². The molecule has 2 saturated carbocycles. The number of carbonyl (C=O) groups is 1. The van der Waals surface area contributed by atoms with Crippen molar-refractivity contribution >= 4 is 16.9 Å².